The number of aliphatic hydroxyl groups is 2. The number of ether oxygens (including phenoxy) is 4. The van der Waals surface area contributed by atoms with Crippen LogP contribution in [0, 0.1) is 0 Å². The molecule has 0 amide bonds. The van der Waals surface area contributed by atoms with Gasteiger partial charge >= 0.3 is 11.9 Å². The van der Waals surface area contributed by atoms with E-state index in [1.807, 2.05) is 12.1 Å². The van der Waals surface area contributed by atoms with Crippen LogP contribution in [0.3, 0.4) is 0 Å². The van der Waals surface area contributed by atoms with E-state index in [0.29, 0.717) is 11.5 Å². The predicted molar refractivity (Wildman–Crippen MR) is 118 cm³/mol. The van der Waals surface area contributed by atoms with Crippen molar-refractivity contribution in [1.29, 1.82) is 0 Å². The summed E-state index contributed by atoms with van der Waals surface area (Å²) in [6.45, 7) is 9.50. The van der Waals surface area contributed by atoms with Gasteiger partial charge in [-0.25, -0.2) is 9.59 Å². The number of aliphatic hydroxyl groups excluding tert-OH is 2. The third-order valence-electron chi connectivity index (χ3n) is 4.18. The first-order valence-corrected chi connectivity index (χ1v) is 9.96. The SMILES string of the molecule is C=C(C)C(=O)OCC(O)COc1ccc2ccc(OCC(O)COC(=O)C(=C)C)cc2c1. The fourth-order valence-corrected chi connectivity index (χ4v) is 2.45. The Morgan fingerprint density at radius 3 is 1.53 bits per heavy atom. The summed E-state index contributed by atoms with van der Waals surface area (Å²) in [5.74, 6) is -0.0962. The molecule has 0 radical (unpaired) electrons. The van der Waals surface area contributed by atoms with Gasteiger partial charge in [-0.1, -0.05) is 25.3 Å². The van der Waals surface area contributed by atoms with Crippen LogP contribution in [0.5, 0.6) is 11.5 Å². The number of benzene rings is 2. The summed E-state index contributed by atoms with van der Waals surface area (Å²) in [5, 5.41) is 21.6. The smallest absolute Gasteiger partial charge is 0.333 e. The Balaban J connectivity index is 1.89. The number of fused-ring (bicyclic) bond motifs is 1. The Bertz CT molecular complexity index is 906. The van der Waals surface area contributed by atoms with Crippen LogP contribution in [-0.4, -0.2) is 60.8 Å². The van der Waals surface area contributed by atoms with Crippen LogP contribution < -0.4 is 9.47 Å². The normalized spacial score (nSPS) is 12.5. The lowest BCUT2D eigenvalue weighted by Gasteiger charge is -2.14. The van der Waals surface area contributed by atoms with E-state index in [4.69, 9.17) is 18.9 Å². The fourth-order valence-electron chi connectivity index (χ4n) is 2.45. The molecule has 2 aromatic rings. The molecule has 0 saturated carbocycles. The van der Waals surface area contributed by atoms with Gasteiger partial charge in [-0.05, 0) is 48.9 Å². The van der Waals surface area contributed by atoms with Gasteiger partial charge in [-0.2, -0.15) is 0 Å². The lowest BCUT2D eigenvalue weighted by atomic mass is 10.1. The Labute approximate surface area is 186 Å². The molecular formula is C24H28O8. The van der Waals surface area contributed by atoms with Crippen LogP contribution in [-0.2, 0) is 19.1 Å². The summed E-state index contributed by atoms with van der Waals surface area (Å²) in [7, 11) is 0. The maximum Gasteiger partial charge on any atom is 0.333 e. The Morgan fingerprint density at radius 2 is 1.16 bits per heavy atom. The summed E-state index contributed by atoms with van der Waals surface area (Å²) in [6.07, 6.45) is -1.96. The third kappa shape index (κ3) is 8.05. The average molecular weight is 444 g/mol. The van der Waals surface area contributed by atoms with Gasteiger partial charge in [0.25, 0.3) is 0 Å². The second-order valence-electron chi connectivity index (χ2n) is 7.36. The van der Waals surface area contributed by atoms with E-state index < -0.39 is 24.1 Å². The average Bonchev–Trinajstić information content (AvgIpc) is 2.77. The minimum absolute atomic E-state index is 0.0553. The van der Waals surface area contributed by atoms with Crippen LogP contribution in [0.2, 0.25) is 0 Å². The number of hydrogen-bond donors (Lipinski definition) is 2. The van der Waals surface area contributed by atoms with E-state index in [9.17, 15) is 19.8 Å². The van der Waals surface area contributed by atoms with Gasteiger partial charge in [0.1, 0.15) is 50.1 Å². The highest BCUT2D eigenvalue weighted by molar-refractivity contribution is 5.87. The van der Waals surface area contributed by atoms with Crippen molar-refractivity contribution in [2.24, 2.45) is 0 Å². The Kier molecular flexibility index (Phi) is 9.24. The molecule has 172 valence electrons. The molecule has 0 aliphatic rings. The standard InChI is InChI=1S/C24H28O8/c1-15(2)23(27)31-13-19(25)11-29-21-7-5-17-6-8-22(10-18(17)9-21)30-12-20(26)14-32-24(28)16(3)4/h5-10,19-20,25-26H,1,3,11-14H2,2,4H3. The van der Waals surface area contributed by atoms with E-state index in [1.54, 1.807) is 24.3 Å². The predicted octanol–water partition coefficient (Wildman–Crippen LogP) is 2.56. The van der Waals surface area contributed by atoms with Crippen molar-refractivity contribution in [1.82, 2.24) is 0 Å². The number of esters is 2. The number of carbonyl (C=O) groups is 2. The van der Waals surface area contributed by atoms with Crippen LogP contribution >= 0.6 is 0 Å². The van der Waals surface area contributed by atoms with Crippen LogP contribution in [0.15, 0.2) is 60.7 Å². The Hall–Kier alpha value is -3.36. The molecule has 0 aliphatic heterocycles. The van der Waals surface area contributed by atoms with E-state index >= 15 is 0 Å². The van der Waals surface area contributed by atoms with E-state index in [1.165, 1.54) is 13.8 Å². The first-order valence-electron chi connectivity index (χ1n) is 9.96. The zero-order valence-corrected chi connectivity index (χ0v) is 18.2. The van der Waals surface area contributed by atoms with Crippen LogP contribution in [0.1, 0.15) is 13.8 Å². The van der Waals surface area contributed by atoms with Gasteiger partial charge in [0.15, 0.2) is 0 Å². The lowest BCUT2D eigenvalue weighted by molar-refractivity contribution is -0.143. The van der Waals surface area contributed by atoms with Crippen molar-refractivity contribution in [3.05, 3.63) is 60.7 Å². The van der Waals surface area contributed by atoms with Crippen molar-refractivity contribution in [2.75, 3.05) is 26.4 Å². The molecule has 0 heterocycles. The molecule has 2 N–H and O–H groups in total. The molecule has 0 saturated heterocycles. The molecule has 2 atom stereocenters. The monoisotopic (exact) mass is 444 g/mol. The second kappa shape index (κ2) is 11.9. The summed E-state index contributed by atoms with van der Waals surface area (Å²) in [4.78, 5) is 22.7. The molecule has 8 heteroatoms. The highest BCUT2D eigenvalue weighted by atomic mass is 16.6. The topological polar surface area (TPSA) is 112 Å². The summed E-state index contributed by atoms with van der Waals surface area (Å²) in [5.41, 5.74) is 0.511. The lowest BCUT2D eigenvalue weighted by Crippen LogP contribution is -2.25. The van der Waals surface area contributed by atoms with E-state index in [2.05, 4.69) is 13.2 Å². The van der Waals surface area contributed by atoms with Gasteiger partial charge in [0, 0.05) is 11.1 Å². The summed E-state index contributed by atoms with van der Waals surface area (Å²) < 4.78 is 20.9. The van der Waals surface area contributed by atoms with Gasteiger partial charge in [0.05, 0.1) is 0 Å². The molecule has 2 aromatic carbocycles. The largest absolute Gasteiger partial charge is 0.491 e. The number of hydrogen-bond acceptors (Lipinski definition) is 8. The quantitative estimate of drug-likeness (QED) is 0.380. The molecule has 32 heavy (non-hydrogen) atoms. The molecule has 0 aromatic heterocycles. The summed E-state index contributed by atoms with van der Waals surface area (Å²) in [6, 6.07) is 10.8. The van der Waals surface area contributed by atoms with Gasteiger partial charge in [0.2, 0.25) is 0 Å². The zero-order valence-electron chi connectivity index (χ0n) is 18.2. The molecule has 8 nitrogen and oxygen atoms in total. The van der Waals surface area contributed by atoms with Crippen molar-refractivity contribution >= 4 is 22.7 Å². The second-order valence-corrected chi connectivity index (χ2v) is 7.36. The fraction of sp³-hybridized carbons (Fsp3) is 0.333. The van der Waals surface area contributed by atoms with Crippen molar-refractivity contribution in [3.8, 4) is 11.5 Å². The molecule has 0 bridgehead atoms. The first kappa shape index (κ1) is 24.9. The van der Waals surface area contributed by atoms with E-state index in [0.717, 1.165) is 10.8 Å². The molecule has 0 aliphatic carbocycles. The number of carbonyl (C=O) groups excluding carboxylic acids is 2. The molecule has 2 rings (SSSR count). The third-order valence-corrected chi connectivity index (χ3v) is 4.18. The molecule has 2 unspecified atom stereocenters. The van der Waals surface area contributed by atoms with Crippen LogP contribution in [0.4, 0.5) is 0 Å². The minimum Gasteiger partial charge on any atom is -0.491 e. The van der Waals surface area contributed by atoms with Crippen molar-refractivity contribution in [3.63, 3.8) is 0 Å². The molecule has 0 spiro atoms. The molecular weight excluding hydrogens is 416 g/mol. The maximum atomic E-state index is 11.4. The first-order chi connectivity index (χ1) is 15.2. The van der Waals surface area contributed by atoms with Gasteiger partial charge < -0.3 is 29.2 Å². The van der Waals surface area contributed by atoms with E-state index in [-0.39, 0.29) is 37.6 Å². The van der Waals surface area contributed by atoms with Crippen molar-refractivity contribution < 1.29 is 38.7 Å². The van der Waals surface area contributed by atoms with Gasteiger partial charge in [-0.15, -0.1) is 0 Å². The highest BCUT2D eigenvalue weighted by Gasteiger charge is 2.12. The highest BCUT2D eigenvalue weighted by Crippen LogP contribution is 2.25. The zero-order chi connectivity index (χ0) is 23.7. The summed E-state index contributed by atoms with van der Waals surface area (Å²) >= 11 is 0. The molecule has 0 fully saturated rings. The van der Waals surface area contributed by atoms with Crippen LogP contribution in [0.25, 0.3) is 10.8 Å². The Morgan fingerprint density at radius 1 is 0.750 bits per heavy atom. The number of rotatable bonds is 12. The minimum atomic E-state index is -0.982. The van der Waals surface area contributed by atoms with Crippen molar-refractivity contribution in [2.45, 2.75) is 26.1 Å². The maximum absolute atomic E-state index is 11.4. The van der Waals surface area contributed by atoms with Gasteiger partial charge in [-0.3, -0.25) is 0 Å².